The second-order valence-electron chi connectivity index (χ2n) is 15.9. The highest BCUT2D eigenvalue weighted by molar-refractivity contribution is 7.20. The molecule has 0 saturated heterocycles. The maximum absolute atomic E-state index is 6.86. The molecule has 0 amide bonds. The molecule has 0 N–H and O–H groups in total. The van der Waals surface area contributed by atoms with E-state index in [4.69, 9.17) is 19.4 Å². The van der Waals surface area contributed by atoms with Gasteiger partial charge in [0.1, 0.15) is 5.58 Å². The van der Waals surface area contributed by atoms with Gasteiger partial charge in [0, 0.05) is 43.9 Å². The van der Waals surface area contributed by atoms with Crippen molar-refractivity contribution in [2.45, 2.75) is 0 Å². The Morgan fingerprint density at radius 2 is 0.841 bits per heavy atom. The van der Waals surface area contributed by atoms with Gasteiger partial charge in [-0.1, -0.05) is 200 Å². The van der Waals surface area contributed by atoms with Gasteiger partial charge in [0.2, 0.25) is 0 Å². The van der Waals surface area contributed by atoms with E-state index in [-0.39, 0.29) is 0 Å². The van der Waals surface area contributed by atoms with Crippen LogP contribution in [0, 0.1) is 0 Å². The average Bonchev–Trinajstić information content (AvgIpc) is 3.92. The summed E-state index contributed by atoms with van der Waals surface area (Å²) in [6, 6.07) is 82.1. The molecule has 0 fully saturated rings. The number of hydrogen-bond acceptors (Lipinski definition) is 4. The summed E-state index contributed by atoms with van der Waals surface area (Å²) in [5, 5.41) is 9.77. The van der Waals surface area contributed by atoms with Crippen molar-refractivity contribution in [2.75, 3.05) is 0 Å². The van der Waals surface area contributed by atoms with E-state index in [2.05, 4.69) is 168 Å². The van der Waals surface area contributed by atoms with E-state index in [1.807, 2.05) is 66.7 Å². The first-order chi connectivity index (χ1) is 31.2. The zero-order chi connectivity index (χ0) is 41.7. The van der Waals surface area contributed by atoms with Crippen LogP contribution in [-0.4, -0.2) is 27.6 Å². The molecule has 0 saturated carbocycles. The molecule has 0 radical (unpaired) electrons. The normalized spacial score (nSPS) is 11.8. The minimum Gasteiger partial charge on any atom is -0.454 e. The summed E-state index contributed by atoms with van der Waals surface area (Å²) < 4.78 is 9.23. The predicted molar refractivity (Wildman–Crippen MR) is 261 cm³/mol. The highest BCUT2D eigenvalue weighted by Crippen LogP contribution is 2.40. The first kappa shape index (κ1) is 36.6. The summed E-state index contributed by atoms with van der Waals surface area (Å²) in [5.74, 6) is 1.85. The van der Waals surface area contributed by atoms with Crippen LogP contribution in [0.25, 0.3) is 83.6 Å². The fourth-order valence-corrected chi connectivity index (χ4v) is 14.3. The smallest absolute Gasteiger partial charge is 0.179 e. The molecular formula is C57H38N4OSi. The van der Waals surface area contributed by atoms with Gasteiger partial charge >= 0.3 is 0 Å². The number of fused-ring (bicyclic) bond motifs is 7. The van der Waals surface area contributed by atoms with E-state index in [9.17, 15) is 0 Å². The Balaban J connectivity index is 1.14. The number of hydrogen-bond donors (Lipinski definition) is 0. The molecular weight excluding hydrogens is 785 g/mol. The van der Waals surface area contributed by atoms with Crippen LogP contribution in [0.2, 0.25) is 0 Å². The lowest BCUT2D eigenvalue weighted by Crippen LogP contribution is -2.74. The van der Waals surface area contributed by atoms with Gasteiger partial charge in [0.15, 0.2) is 31.1 Å². The van der Waals surface area contributed by atoms with E-state index < -0.39 is 8.07 Å². The third-order valence-electron chi connectivity index (χ3n) is 12.4. The lowest BCUT2D eigenvalue weighted by molar-refractivity contribution is 0.671. The zero-order valence-corrected chi connectivity index (χ0v) is 35.1. The summed E-state index contributed by atoms with van der Waals surface area (Å²) in [6.45, 7) is 0. The second-order valence-corrected chi connectivity index (χ2v) is 19.8. The van der Waals surface area contributed by atoms with Crippen LogP contribution < -0.4 is 20.7 Å². The van der Waals surface area contributed by atoms with Crippen LogP contribution in [0.3, 0.4) is 0 Å². The van der Waals surface area contributed by atoms with E-state index in [0.29, 0.717) is 17.5 Å². The Morgan fingerprint density at radius 3 is 1.43 bits per heavy atom. The molecule has 3 heterocycles. The number of aromatic nitrogens is 4. The Bertz CT molecular complexity index is 3450. The van der Waals surface area contributed by atoms with Crippen molar-refractivity contribution in [1.82, 2.24) is 19.5 Å². The van der Waals surface area contributed by atoms with Crippen LogP contribution in [0.4, 0.5) is 0 Å². The van der Waals surface area contributed by atoms with Crippen LogP contribution in [0.1, 0.15) is 0 Å². The lowest BCUT2D eigenvalue weighted by Gasteiger charge is -2.34. The van der Waals surface area contributed by atoms with Crippen molar-refractivity contribution in [2.24, 2.45) is 0 Å². The maximum atomic E-state index is 6.86. The van der Waals surface area contributed by atoms with Gasteiger partial charge < -0.3 is 8.98 Å². The second kappa shape index (κ2) is 15.1. The maximum Gasteiger partial charge on any atom is 0.179 e. The standard InChI is InChI=1S/C57H38N4OSi/c1-6-19-39(20-7-1)55-58-56(40-21-8-2-9-22-40)60-57(59-55)41-23-18-24-42(37-41)61-51-36-33-46(38-50(51)48-34-35-49-47-31-16-17-32-52(47)62-54(49)53(48)61)63(43-25-10-3-11-26-43,44-27-12-4-13-28-44)45-29-14-5-15-30-45/h1-38H. The summed E-state index contributed by atoms with van der Waals surface area (Å²) in [5.41, 5.74) is 7.55. The lowest BCUT2D eigenvalue weighted by atomic mass is 10.1. The molecule has 0 aliphatic carbocycles. The van der Waals surface area contributed by atoms with Crippen molar-refractivity contribution >= 4 is 72.6 Å². The largest absolute Gasteiger partial charge is 0.454 e. The fourth-order valence-electron chi connectivity index (χ4n) is 9.57. The topological polar surface area (TPSA) is 56.7 Å². The van der Waals surface area contributed by atoms with Crippen molar-refractivity contribution < 1.29 is 4.42 Å². The van der Waals surface area contributed by atoms with Gasteiger partial charge in [-0.05, 0) is 51.1 Å². The molecule has 0 spiro atoms. The quantitative estimate of drug-likeness (QED) is 0.113. The molecule has 0 aliphatic heterocycles. The molecule has 5 nitrogen and oxygen atoms in total. The Hall–Kier alpha value is -8.19. The van der Waals surface area contributed by atoms with Gasteiger partial charge in [0.25, 0.3) is 0 Å². The van der Waals surface area contributed by atoms with Gasteiger partial charge in [-0.2, -0.15) is 0 Å². The molecule has 6 heteroatoms. The van der Waals surface area contributed by atoms with Crippen LogP contribution >= 0.6 is 0 Å². The Labute approximate surface area is 365 Å². The van der Waals surface area contributed by atoms with Gasteiger partial charge in [-0.3, -0.25) is 0 Å². The highest BCUT2D eigenvalue weighted by Gasteiger charge is 2.41. The summed E-state index contributed by atoms with van der Waals surface area (Å²) in [4.78, 5) is 15.2. The van der Waals surface area contributed by atoms with Gasteiger partial charge in [0.05, 0.1) is 11.0 Å². The molecule has 0 atom stereocenters. The Kier molecular flexibility index (Phi) is 8.76. The Morgan fingerprint density at radius 1 is 0.349 bits per heavy atom. The number of benzene rings is 9. The van der Waals surface area contributed by atoms with Gasteiger partial charge in [-0.15, -0.1) is 0 Å². The van der Waals surface area contributed by atoms with E-state index >= 15 is 0 Å². The van der Waals surface area contributed by atoms with Crippen molar-refractivity contribution in [3.8, 4) is 39.9 Å². The summed E-state index contributed by atoms with van der Waals surface area (Å²) in [7, 11) is -2.83. The monoisotopic (exact) mass is 822 g/mol. The molecule has 63 heavy (non-hydrogen) atoms. The van der Waals surface area contributed by atoms with Gasteiger partial charge in [-0.25, -0.2) is 15.0 Å². The molecule has 3 aromatic heterocycles. The average molecular weight is 823 g/mol. The molecule has 0 aliphatic rings. The number of furan rings is 1. The van der Waals surface area contributed by atoms with Crippen LogP contribution in [0.5, 0.6) is 0 Å². The zero-order valence-electron chi connectivity index (χ0n) is 34.1. The molecule has 12 aromatic rings. The minimum atomic E-state index is -2.83. The van der Waals surface area contributed by atoms with Crippen LogP contribution in [0.15, 0.2) is 235 Å². The molecule has 0 unspecified atom stereocenters. The third kappa shape index (κ3) is 6.03. The predicted octanol–water partition coefficient (Wildman–Crippen LogP) is 11.2. The number of para-hydroxylation sites is 1. The number of nitrogens with zero attached hydrogens (tertiary/aromatic N) is 4. The van der Waals surface area contributed by atoms with E-state index in [1.54, 1.807) is 0 Å². The summed E-state index contributed by atoms with van der Waals surface area (Å²) >= 11 is 0. The first-order valence-corrected chi connectivity index (χ1v) is 23.3. The third-order valence-corrected chi connectivity index (χ3v) is 17.2. The van der Waals surface area contributed by atoms with Crippen molar-refractivity contribution in [1.29, 1.82) is 0 Å². The molecule has 12 rings (SSSR count). The van der Waals surface area contributed by atoms with E-state index in [0.717, 1.165) is 66.1 Å². The first-order valence-electron chi connectivity index (χ1n) is 21.3. The number of rotatable bonds is 8. The SMILES string of the molecule is c1ccc(-c2nc(-c3ccccc3)nc(-c3cccc(-n4c5ccc([Si](c6ccccc6)(c6ccccc6)c6ccccc6)cc5c5ccc6c7ccccc7oc6c54)c3)n2)cc1. The minimum absolute atomic E-state index is 0.603. The van der Waals surface area contributed by atoms with Crippen molar-refractivity contribution in [3.05, 3.63) is 231 Å². The summed E-state index contributed by atoms with van der Waals surface area (Å²) in [6.07, 6.45) is 0. The molecule has 0 bridgehead atoms. The highest BCUT2D eigenvalue weighted by atomic mass is 28.3. The van der Waals surface area contributed by atoms with E-state index in [1.165, 1.54) is 20.7 Å². The van der Waals surface area contributed by atoms with Crippen molar-refractivity contribution in [3.63, 3.8) is 0 Å². The fraction of sp³-hybridized carbons (Fsp3) is 0. The molecule has 296 valence electrons. The van der Waals surface area contributed by atoms with Crippen LogP contribution in [-0.2, 0) is 0 Å². The molecule has 9 aromatic carbocycles.